The molecule has 0 spiro atoms. The van der Waals surface area contributed by atoms with Crippen LogP contribution in [0.5, 0.6) is 0 Å². The highest BCUT2D eigenvalue weighted by molar-refractivity contribution is 4.96. The summed E-state index contributed by atoms with van der Waals surface area (Å²) in [4.78, 5) is 1.80. The molecule has 2 aliphatic carbocycles. The highest BCUT2D eigenvalue weighted by atomic mass is 19.2. The third kappa shape index (κ3) is 3.71. The SMILES string of the molecule is CC(C)(C)C1CCC2OCN(C3C(F)CC(F)CC3F)CC2C1. The van der Waals surface area contributed by atoms with Crippen molar-refractivity contribution in [2.45, 2.75) is 83.5 Å². The van der Waals surface area contributed by atoms with E-state index in [1.807, 2.05) is 0 Å². The summed E-state index contributed by atoms with van der Waals surface area (Å²) in [7, 11) is 0. The topological polar surface area (TPSA) is 12.5 Å². The molecule has 3 aliphatic rings. The molecule has 3 rings (SSSR count). The zero-order valence-electron chi connectivity index (χ0n) is 14.5. The summed E-state index contributed by atoms with van der Waals surface area (Å²) in [6, 6.07) is -0.835. The summed E-state index contributed by atoms with van der Waals surface area (Å²) in [6.07, 6.45) is -1.11. The smallest absolute Gasteiger partial charge is 0.121 e. The van der Waals surface area contributed by atoms with E-state index < -0.39 is 24.6 Å². The van der Waals surface area contributed by atoms with Gasteiger partial charge in [0.05, 0.1) is 18.9 Å². The maximum Gasteiger partial charge on any atom is 0.121 e. The fraction of sp³-hybridized carbons (Fsp3) is 1.00. The quantitative estimate of drug-likeness (QED) is 0.710. The van der Waals surface area contributed by atoms with Crippen molar-refractivity contribution in [3.63, 3.8) is 0 Å². The van der Waals surface area contributed by atoms with Gasteiger partial charge >= 0.3 is 0 Å². The molecule has 0 bridgehead atoms. The Hall–Kier alpha value is -0.290. The molecule has 0 radical (unpaired) electrons. The Balaban J connectivity index is 1.66. The summed E-state index contributed by atoms with van der Waals surface area (Å²) in [6.45, 7) is 7.75. The molecular formula is C18H30F3NO. The van der Waals surface area contributed by atoms with Crippen molar-refractivity contribution in [2.24, 2.45) is 17.3 Å². The van der Waals surface area contributed by atoms with Gasteiger partial charge < -0.3 is 4.74 Å². The lowest BCUT2D eigenvalue weighted by atomic mass is 9.67. The number of hydrogen-bond acceptors (Lipinski definition) is 2. The molecule has 0 aromatic rings. The van der Waals surface area contributed by atoms with Gasteiger partial charge in [0, 0.05) is 19.4 Å². The van der Waals surface area contributed by atoms with Crippen LogP contribution < -0.4 is 0 Å². The molecule has 5 unspecified atom stereocenters. The minimum atomic E-state index is -1.43. The monoisotopic (exact) mass is 333 g/mol. The van der Waals surface area contributed by atoms with E-state index in [-0.39, 0.29) is 31.1 Å². The highest BCUT2D eigenvalue weighted by Gasteiger charge is 2.46. The number of ether oxygens (including phenoxy) is 1. The van der Waals surface area contributed by atoms with E-state index in [2.05, 4.69) is 20.8 Å². The van der Waals surface area contributed by atoms with E-state index in [1.54, 1.807) is 4.90 Å². The Morgan fingerprint density at radius 1 is 0.957 bits per heavy atom. The summed E-state index contributed by atoms with van der Waals surface area (Å²) < 4.78 is 47.8. The van der Waals surface area contributed by atoms with E-state index in [4.69, 9.17) is 4.74 Å². The van der Waals surface area contributed by atoms with Gasteiger partial charge in [-0.15, -0.1) is 0 Å². The lowest BCUT2D eigenvalue weighted by Gasteiger charge is -2.49. The predicted octanol–water partition coefficient (Wildman–Crippen LogP) is 4.28. The average molecular weight is 333 g/mol. The molecule has 2 saturated carbocycles. The van der Waals surface area contributed by atoms with Crippen LogP contribution in [0.25, 0.3) is 0 Å². The first-order chi connectivity index (χ1) is 10.8. The van der Waals surface area contributed by atoms with Gasteiger partial charge in [-0.1, -0.05) is 20.8 Å². The number of halogens is 3. The number of nitrogens with zero attached hydrogens (tertiary/aromatic N) is 1. The van der Waals surface area contributed by atoms with Crippen molar-refractivity contribution >= 4 is 0 Å². The van der Waals surface area contributed by atoms with Gasteiger partial charge in [-0.25, -0.2) is 13.2 Å². The van der Waals surface area contributed by atoms with Crippen LogP contribution in [-0.4, -0.2) is 48.8 Å². The van der Waals surface area contributed by atoms with Crippen LogP contribution in [0, 0.1) is 17.3 Å². The second-order valence-electron chi connectivity index (χ2n) is 8.83. The maximum atomic E-state index is 14.2. The fourth-order valence-electron chi connectivity index (χ4n) is 4.74. The molecule has 23 heavy (non-hydrogen) atoms. The van der Waals surface area contributed by atoms with Gasteiger partial charge in [0.15, 0.2) is 0 Å². The number of fused-ring (bicyclic) bond motifs is 1. The van der Waals surface area contributed by atoms with Crippen LogP contribution in [0.4, 0.5) is 13.2 Å². The Morgan fingerprint density at radius 2 is 1.61 bits per heavy atom. The maximum absolute atomic E-state index is 14.2. The molecule has 3 fully saturated rings. The van der Waals surface area contributed by atoms with E-state index in [0.717, 1.165) is 19.3 Å². The Kier molecular flexibility index (Phi) is 4.99. The molecule has 5 atom stereocenters. The second kappa shape index (κ2) is 6.55. The Morgan fingerprint density at radius 3 is 2.22 bits per heavy atom. The van der Waals surface area contributed by atoms with Crippen LogP contribution >= 0.6 is 0 Å². The Labute approximate surface area is 137 Å². The molecule has 1 saturated heterocycles. The number of alkyl halides is 3. The second-order valence-corrected chi connectivity index (χ2v) is 8.83. The standard InChI is InChI=1S/C18H30F3NO/c1-18(2,3)12-4-5-16-11(6-12)9-22(10-23-16)17-14(20)7-13(19)8-15(17)21/h11-17H,4-10H2,1-3H3. The average Bonchev–Trinajstić information content (AvgIpc) is 2.44. The van der Waals surface area contributed by atoms with Crippen LogP contribution in [0.3, 0.4) is 0 Å². The van der Waals surface area contributed by atoms with Gasteiger partial charge in [0.1, 0.15) is 18.5 Å². The van der Waals surface area contributed by atoms with E-state index in [9.17, 15) is 13.2 Å². The molecule has 1 heterocycles. The molecule has 0 aromatic heterocycles. The van der Waals surface area contributed by atoms with E-state index in [1.165, 1.54) is 0 Å². The summed E-state index contributed by atoms with van der Waals surface area (Å²) >= 11 is 0. The zero-order valence-corrected chi connectivity index (χ0v) is 14.5. The van der Waals surface area contributed by atoms with Crippen molar-refractivity contribution in [1.29, 1.82) is 0 Å². The largest absolute Gasteiger partial charge is 0.362 e. The highest BCUT2D eigenvalue weighted by Crippen LogP contribution is 2.43. The van der Waals surface area contributed by atoms with Gasteiger partial charge in [-0.05, 0) is 36.5 Å². The summed E-state index contributed by atoms with van der Waals surface area (Å²) in [5.41, 5.74) is 0.255. The first-order valence-corrected chi connectivity index (χ1v) is 9.03. The van der Waals surface area contributed by atoms with Crippen LogP contribution in [0.1, 0.15) is 52.9 Å². The van der Waals surface area contributed by atoms with Crippen LogP contribution in [0.2, 0.25) is 0 Å². The van der Waals surface area contributed by atoms with Crippen molar-refractivity contribution in [1.82, 2.24) is 4.90 Å². The molecule has 134 valence electrons. The fourth-order valence-corrected chi connectivity index (χ4v) is 4.74. The minimum absolute atomic E-state index is 0.180. The lowest BCUT2D eigenvalue weighted by molar-refractivity contribution is -0.163. The third-order valence-electron chi connectivity index (χ3n) is 6.19. The van der Waals surface area contributed by atoms with Gasteiger partial charge in [-0.2, -0.15) is 0 Å². The van der Waals surface area contributed by atoms with Crippen LogP contribution in [0.15, 0.2) is 0 Å². The van der Waals surface area contributed by atoms with Gasteiger partial charge in [-0.3, -0.25) is 4.90 Å². The lowest BCUT2D eigenvalue weighted by Crippen LogP contribution is -2.58. The van der Waals surface area contributed by atoms with Crippen LogP contribution in [-0.2, 0) is 4.74 Å². The number of rotatable bonds is 1. The molecule has 0 aromatic carbocycles. The van der Waals surface area contributed by atoms with Gasteiger partial charge in [0.25, 0.3) is 0 Å². The normalized spacial score (nSPS) is 46.4. The molecular weight excluding hydrogens is 303 g/mol. The van der Waals surface area contributed by atoms with Crippen molar-refractivity contribution in [3.05, 3.63) is 0 Å². The van der Waals surface area contributed by atoms with Gasteiger partial charge in [0.2, 0.25) is 0 Å². The minimum Gasteiger partial charge on any atom is -0.362 e. The van der Waals surface area contributed by atoms with Crippen molar-refractivity contribution < 1.29 is 17.9 Å². The zero-order chi connectivity index (χ0) is 16.8. The number of hydrogen-bond donors (Lipinski definition) is 0. The van der Waals surface area contributed by atoms with E-state index >= 15 is 0 Å². The Bertz CT molecular complexity index is 402. The molecule has 2 nitrogen and oxygen atoms in total. The molecule has 0 N–H and O–H groups in total. The first-order valence-electron chi connectivity index (χ1n) is 9.03. The van der Waals surface area contributed by atoms with Crippen molar-refractivity contribution in [3.8, 4) is 0 Å². The van der Waals surface area contributed by atoms with E-state index in [0.29, 0.717) is 18.4 Å². The summed E-state index contributed by atoms with van der Waals surface area (Å²) in [5.74, 6) is 0.959. The summed E-state index contributed by atoms with van der Waals surface area (Å²) in [5, 5.41) is 0. The third-order valence-corrected chi connectivity index (χ3v) is 6.19. The van der Waals surface area contributed by atoms with Crippen molar-refractivity contribution in [2.75, 3.05) is 13.3 Å². The predicted molar refractivity (Wildman–Crippen MR) is 84.4 cm³/mol. The first kappa shape index (κ1) is 17.5. The molecule has 0 amide bonds. The molecule has 5 heteroatoms. The molecule has 1 aliphatic heterocycles.